The van der Waals surface area contributed by atoms with Gasteiger partial charge in [-0.05, 0) is 18.4 Å². The lowest BCUT2D eigenvalue weighted by atomic mass is 10.1. The van der Waals surface area contributed by atoms with E-state index in [9.17, 15) is 9.59 Å². The highest BCUT2D eigenvalue weighted by Crippen LogP contribution is 2.22. The van der Waals surface area contributed by atoms with E-state index in [4.69, 9.17) is 5.73 Å². The smallest absolute Gasteiger partial charge is 0.244 e. The van der Waals surface area contributed by atoms with E-state index in [0.29, 0.717) is 13.0 Å². The first kappa shape index (κ1) is 17.2. The van der Waals surface area contributed by atoms with Crippen molar-refractivity contribution in [2.24, 2.45) is 5.73 Å². The number of likely N-dealkylation sites (N-methyl/N-ethyl adjacent to an activating group) is 1. The molecule has 0 saturated carbocycles. The van der Waals surface area contributed by atoms with E-state index in [0.717, 1.165) is 12.0 Å². The fourth-order valence-electron chi connectivity index (χ4n) is 2.45. The van der Waals surface area contributed by atoms with Crippen LogP contribution in [0.5, 0.6) is 0 Å². The number of carbonyl (C=O) groups is 2. The van der Waals surface area contributed by atoms with Crippen molar-refractivity contribution in [1.82, 2.24) is 10.2 Å². The average Bonchev–Trinajstić information content (AvgIpc) is 3.05. The third kappa shape index (κ3) is 4.04. The summed E-state index contributed by atoms with van der Waals surface area (Å²) in [6.45, 7) is 4.59. The molecule has 0 radical (unpaired) electrons. The Bertz CT molecular complexity index is 462. The van der Waals surface area contributed by atoms with Gasteiger partial charge >= 0.3 is 0 Å². The third-order valence-corrected chi connectivity index (χ3v) is 3.51. The normalized spacial score (nSPS) is 18.5. The van der Waals surface area contributed by atoms with Crippen molar-refractivity contribution in [1.29, 1.82) is 0 Å². The minimum atomic E-state index is -0.702. The van der Waals surface area contributed by atoms with Gasteiger partial charge in [-0.1, -0.05) is 44.2 Å². The third-order valence-electron chi connectivity index (χ3n) is 3.51. The average molecular weight is 291 g/mol. The predicted molar refractivity (Wildman–Crippen MR) is 83.5 cm³/mol. The molecule has 0 aliphatic carbocycles. The van der Waals surface area contributed by atoms with Gasteiger partial charge in [-0.15, -0.1) is 0 Å². The Labute approximate surface area is 126 Å². The van der Waals surface area contributed by atoms with Crippen molar-refractivity contribution in [3.8, 4) is 0 Å². The van der Waals surface area contributed by atoms with E-state index in [-0.39, 0.29) is 17.9 Å². The van der Waals surface area contributed by atoms with Crippen LogP contribution in [0.2, 0.25) is 0 Å². The number of hydrogen-bond donors (Lipinski definition) is 2. The number of likely N-dealkylation sites (tertiary alicyclic amines) is 1. The van der Waals surface area contributed by atoms with Crippen LogP contribution in [-0.2, 0) is 9.59 Å². The van der Waals surface area contributed by atoms with Crippen molar-refractivity contribution in [3.63, 3.8) is 0 Å². The molecule has 0 spiro atoms. The summed E-state index contributed by atoms with van der Waals surface area (Å²) in [7, 11) is 1.58. The maximum atomic E-state index is 12.4. The molecule has 21 heavy (non-hydrogen) atoms. The Balaban J connectivity index is 0.00000106. The van der Waals surface area contributed by atoms with Crippen molar-refractivity contribution >= 4 is 11.8 Å². The molecule has 0 aromatic heterocycles. The Morgan fingerprint density at radius 1 is 1.29 bits per heavy atom. The highest BCUT2D eigenvalue weighted by atomic mass is 16.2. The largest absolute Gasteiger partial charge is 0.357 e. The zero-order chi connectivity index (χ0) is 15.8. The van der Waals surface area contributed by atoms with Crippen LogP contribution < -0.4 is 11.1 Å². The molecule has 1 aliphatic heterocycles. The molecule has 116 valence electrons. The first-order valence-corrected chi connectivity index (χ1v) is 7.47. The molecule has 1 aliphatic rings. The molecule has 1 heterocycles. The summed E-state index contributed by atoms with van der Waals surface area (Å²) in [5.74, 6) is -0.302. The first-order valence-electron chi connectivity index (χ1n) is 7.47. The van der Waals surface area contributed by atoms with Gasteiger partial charge in [-0.25, -0.2) is 0 Å². The van der Waals surface area contributed by atoms with Gasteiger partial charge in [-0.3, -0.25) is 9.59 Å². The van der Waals surface area contributed by atoms with Crippen LogP contribution in [0.1, 0.15) is 38.3 Å². The van der Waals surface area contributed by atoms with E-state index in [1.807, 2.05) is 44.2 Å². The van der Waals surface area contributed by atoms with Gasteiger partial charge in [0.25, 0.3) is 0 Å². The summed E-state index contributed by atoms with van der Waals surface area (Å²) in [5.41, 5.74) is 6.77. The summed E-state index contributed by atoms with van der Waals surface area (Å²) in [6, 6.07) is 8.15. The van der Waals surface area contributed by atoms with Crippen LogP contribution in [0.15, 0.2) is 30.3 Å². The molecule has 3 N–H and O–H groups in total. The maximum absolute atomic E-state index is 12.4. The number of benzene rings is 1. The summed E-state index contributed by atoms with van der Waals surface area (Å²) >= 11 is 0. The highest BCUT2D eigenvalue weighted by molar-refractivity contribution is 5.90. The minimum absolute atomic E-state index is 0.119. The Hall–Kier alpha value is -1.88. The maximum Gasteiger partial charge on any atom is 0.244 e. The topological polar surface area (TPSA) is 75.4 Å². The molecule has 5 nitrogen and oxygen atoms in total. The van der Waals surface area contributed by atoms with Crippen molar-refractivity contribution in [2.75, 3.05) is 13.6 Å². The van der Waals surface area contributed by atoms with Gasteiger partial charge < -0.3 is 16.0 Å². The van der Waals surface area contributed by atoms with Gasteiger partial charge in [0.05, 0.1) is 0 Å². The quantitative estimate of drug-likeness (QED) is 0.885. The number of nitrogens with zero attached hydrogens (tertiary/aromatic N) is 1. The summed E-state index contributed by atoms with van der Waals surface area (Å²) < 4.78 is 0. The van der Waals surface area contributed by atoms with Crippen LogP contribution in [0.3, 0.4) is 0 Å². The van der Waals surface area contributed by atoms with E-state index < -0.39 is 6.04 Å². The van der Waals surface area contributed by atoms with E-state index >= 15 is 0 Å². The Morgan fingerprint density at radius 3 is 2.48 bits per heavy atom. The lowest BCUT2D eigenvalue weighted by molar-refractivity contribution is -0.139. The molecule has 1 aromatic carbocycles. The Morgan fingerprint density at radius 2 is 1.90 bits per heavy atom. The van der Waals surface area contributed by atoms with Gasteiger partial charge in [-0.2, -0.15) is 0 Å². The van der Waals surface area contributed by atoms with Crippen LogP contribution in [0.4, 0.5) is 0 Å². The molecule has 2 rings (SSSR count). The van der Waals surface area contributed by atoms with Gasteiger partial charge in [0, 0.05) is 13.6 Å². The van der Waals surface area contributed by atoms with Crippen LogP contribution in [0, 0.1) is 0 Å². The number of nitrogens with two attached hydrogens (primary N) is 1. The van der Waals surface area contributed by atoms with E-state index in [1.165, 1.54) is 0 Å². The molecule has 0 bridgehead atoms. The molecular formula is C16H25N3O2. The zero-order valence-electron chi connectivity index (χ0n) is 13.0. The van der Waals surface area contributed by atoms with E-state index in [2.05, 4.69) is 5.32 Å². The molecular weight excluding hydrogens is 266 g/mol. The summed E-state index contributed by atoms with van der Waals surface area (Å²) in [5, 5.41) is 2.60. The molecule has 1 aromatic rings. The van der Waals surface area contributed by atoms with Crippen molar-refractivity contribution in [2.45, 2.75) is 38.8 Å². The first-order chi connectivity index (χ1) is 10.1. The van der Waals surface area contributed by atoms with Crippen molar-refractivity contribution in [3.05, 3.63) is 35.9 Å². The molecule has 2 atom stereocenters. The van der Waals surface area contributed by atoms with Gasteiger partial charge in [0.15, 0.2) is 0 Å². The van der Waals surface area contributed by atoms with Crippen molar-refractivity contribution < 1.29 is 9.59 Å². The fraction of sp³-hybridized carbons (Fsp3) is 0.500. The monoisotopic (exact) mass is 291 g/mol. The summed E-state index contributed by atoms with van der Waals surface area (Å²) in [6.07, 6.45) is 1.54. The molecule has 2 amide bonds. The number of hydrogen-bond acceptors (Lipinski definition) is 3. The van der Waals surface area contributed by atoms with Crippen LogP contribution >= 0.6 is 0 Å². The fourth-order valence-corrected chi connectivity index (χ4v) is 2.45. The second-order valence-corrected chi connectivity index (χ2v) is 4.69. The lowest BCUT2D eigenvalue weighted by Crippen LogP contribution is -2.47. The van der Waals surface area contributed by atoms with E-state index in [1.54, 1.807) is 11.9 Å². The number of nitrogens with one attached hydrogen (secondary N) is 1. The molecule has 1 fully saturated rings. The Kier molecular flexibility index (Phi) is 6.88. The zero-order valence-corrected chi connectivity index (χ0v) is 13.0. The van der Waals surface area contributed by atoms with Crippen LogP contribution in [-0.4, -0.2) is 36.3 Å². The second-order valence-electron chi connectivity index (χ2n) is 4.69. The SMILES string of the molecule is CC.CNC(=O)C1CCCN1C(=O)C(N)c1ccccc1. The lowest BCUT2D eigenvalue weighted by Gasteiger charge is -2.26. The molecule has 1 saturated heterocycles. The number of rotatable bonds is 3. The highest BCUT2D eigenvalue weighted by Gasteiger charge is 2.35. The number of carbonyl (C=O) groups excluding carboxylic acids is 2. The predicted octanol–water partition coefficient (Wildman–Crippen LogP) is 1.45. The summed E-state index contributed by atoms with van der Waals surface area (Å²) in [4.78, 5) is 25.7. The minimum Gasteiger partial charge on any atom is -0.357 e. The van der Waals surface area contributed by atoms with Gasteiger partial charge in [0.1, 0.15) is 12.1 Å². The van der Waals surface area contributed by atoms with Crippen LogP contribution in [0.25, 0.3) is 0 Å². The standard InChI is InChI=1S/C14H19N3O2.C2H6/c1-16-13(18)11-8-5-9-17(11)14(19)12(15)10-6-3-2-4-7-10;1-2/h2-4,6-7,11-12H,5,8-9,15H2,1H3,(H,16,18);1-2H3. The molecule has 5 heteroatoms. The molecule has 2 unspecified atom stereocenters. The second kappa shape index (κ2) is 8.42. The van der Waals surface area contributed by atoms with Gasteiger partial charge in [0.2, 0.25) is 11.8 Å². The number of amides is 2.